The number of ether oxygens (including phenoxy) is 2. The summed E-state index contributed by atoms with van der Waals surface area (Å²) in [6.45, 7) is 3.76. The Morgan fingerprint density at radius 3 is 2.66 bits per heavy atom. The summed E-state index contributed by atoms with van der Waals surface area (Å²) in [5, 5.41) is 6.24. The number of hydrogen-bond acceptors (Lipinski definition) is 7. The maximum Gasteiger partial charge on any atom is 0.325 e. The van der Waals surface area contributed by atoms with Crippen molar-refractivity contribution in [3.8, 4) is 17.1 Å². The van der Waals surface area contributed by atoms with Crippen LogP contribution in [0.1, 0.15) is 41.6 Å². The third kappa shape index (κ3) is 6.37. The van der Waals surface area contributed by atoms with E-state index in [1.165, 1.54) is 6.07 Å². The fraction of sp³-hybridized carbons (Fsp3) is 0.304. The van der Waals surface area contributed by atoms with Crippen LogP contribution in [-0.4, -0.2) is 35.2 Å². The smallest absolute Gasteiger partial charge is 0.325 e. The number of benzene rings is 2. The Bertz CT molecular complexity index is 1070. The molecule has 0 unspecified atom stereocenters. The molecule has 2 aromatic carbocycles. The van der Waals surface area contributed by atoms with E-state index in [0.717, 1.165) is 12.8 Å². The van der Waals surface area contributed by atoms with Crippen LogP contribution in [0.15, 0.2) is 47.0 Å². The summed E-state index contributed by atoms with van der Waals surface area (Å²) in [7, 11) is 0. The number of amides is 1. The van der Waals surface area contributed by atoms with E-state index >= 15 is 0 Å². The molecule has 0 bridgehead atoms. The Balaban J connectivity index is 1.43. The number of halogens is 1. The van der Waals surface area contributed by atoms with Gasteiger partial charge in [-0.15, -0.1) is 0 Å². The van der Waals surface area contributed by atoms with Crippen molar-refractivity contribution in [1.82, 2.24) is 15.5 Å². The van der Waals surface area contributed by atoms with Crippen LogP contribution in [0.2, 0.25) is 0 Å². The normalized spacial score (nSPS) is 10.6. The van der Waals surface area contributed by atoms with Gasteiger partial charge in [0.05, 0.1) is 6.61 Å². The Morgan fingerprint density at radius 1 is 1.16 bits per heavy atom. The van der Waals surface area contributed by atoms with E-state index in [0.29, 0.717) is 29.0 Å². The summed E-state index contributed by atoms with van der Waals surface area (Å²) >= 11 is 0. The first kappa shape index (κ1) is 22.9. The van der Waals surface area contributed by atoms with E-state index < -0.39 is 11.9 Å². The molecule has 1 amide bonds. The standard InChI is InChI=1S/C23H24FN3O5/c1-3-4-11-30-18-9-7-16(8-10-18)23(29)25-13-21(28)31-14-20-26-22(27-32-20)17-6-5-15(2)19(24)12-17/h5-10,12H,3-4,11,13-14H2,1-2H3,(H,25,29). The number of rotatable bonds is 10. The molecular formula is C23H24FN3O5. The average molecular weight is 441 g/mol. The number of carbonyl (C=O) groups excluding carboxylic acids is 2. The van der Waals surface area contributed by atoms with Crippen molar-refractivity contribution in [3.05, 3.63) is 65.3 Å². The minimum absolute atomic E-state index is 0.0549. The summed E-state index contributed by atoms with van der Waals surface area (Å²) in [5.74, 6) is -0.538. The van der Waals surface area contributed by atoms with Crippen molar-refractivity contribution in [3.63, 3.8) is 0 Å². The van der Waals surface area contributed by atoms with Crippen LogP contribution in [-0.2, 0) is 16.1 Å². The van der Waals surface area contributed by atoms with Crippen LogP contribution < -0.4 is 10.1 Å². The van der Waals surface area contributed by atoms with E-state index in [1.54, 1.807) is 43.3 Å². The molecule has 0 radical (unpaired) electrons. The molecule has 0 aliphatic rings. The molecule has 3 aromatic rings. The zero-order chi connectivity index (χ0) is 22.9. The van der Waals surface area contributed by atoms with E-state index in [2.05, 4.69) is 22.4 Å². The highest BCUT2D eigenvalue weighted by Gasteiger charge is 2.14. The van der Waals surface area contributed by atoms with Crippen molar-refractivity contribution in [2.75, 3.05) is 13.2 Å². The van der Waals surface area contributed by atoms with Crippen LogP contribution in [0.5, 0.6) is 5.75 Å². The van der Waals surface area contributed by atoms with E-state index in [9.17, 15) is 14.0 Å². The minimum atomic E-state index is -0.668. The molecule has 9 heteroatoms. The molecular weight excluding hydrogens is 417 g/mol. The largest absolute Gasteiger partial charge is 0.494 e. The molecule has 0 aliphatic heterocycles. The second kappa shape index (κ2) is 11.0. The molecule has 1 aromatic heterocycles. The number of nitrogens with one attached hydrogen (secondary N) is 1. The van der Waals surface area contributed by atoms with Gasteiger partial charge in [-0.25, -0.2) is 4.39 Å². The van der Waals surface area contributed by atoms with Gasteiger partial charge >= 0.3 is 5.97 Å². The van der Waals surface area contributed by atoms with Gasteiger partial charge in [0.1, 0.15) is 18.1 Å². The van der Waals surface area contributed by atoms with Crippen LogP contribution in [0.4, 0.5) is 4.39 Å². The van der Waals surface area contributed by atoms with Crippen molar-refractivity contribution in [2.45, 2.75) is 33.3 Å². The van der Waals surface area contributed by atoms with E-state index in [-0.39, 0.29) is 30.7 Å². The van der Waals surface area contributed by atoms with Crippen LogP contribution >= 0.6 is 0 Å². The Labute approximate surface area is 184 Å². The number of unbranched alkanes of at least 4 members (excludes halogenated alkanes) is 1. The SMILES string of the molecule is CCCCOc1ccc(C(=O)NCC(=O)OCc2nc(-c3ccc(C)c(F)c3)no2)cc1. The summed E-state index contributed by atoms with van der Waals surface area (Å²) < 4.78 is 29.3. The predicted octanol–water partition coefficient (Wildman–Crippen LogP) is 3.84. The third-order valence-corrected chi connectivity index (χ3v) is 4.53. The van der Waals surface area contributed by atoms with Gasteiger partial charge < -0.3 is 19.3 Å². The molecule has 0 atom stereocenters. The van der Waals surface area contributed by atoms with Crippen LogP contribution in [0.3, 0.4) is 0 Å². The fourth-order valence-corrected chi connectivity index (χ4v) is 2.65. The highest BCUT2D eigenvalue weighted by atomic mass is 19.1. The molecule has 3 rings (SSSR count). The van der Waals surface area contributed by atoms with Gasteiger partial charge in [0, 0.05) is 11.1 Å². The maximum atomic E-state index is 13.7. The highest BCUT2D eigenvalue weighted by Crippen LogP contribution is 2.19. The molecule has 0 spiro atoms. The number of hydrogen-bond donors (Lipinski definition) is 1. The monoisotopic (exact) mass is 441 g/mol. The van der Waals surface area contributed by atoms with Gasteiger partial charge in [0.2, 0.25) is 5.82 Å². The molecule has 0 saturated carbocycles. The number of carbonyl (C=O) groups is 2. The lowest BCUT2D eigenvalue weighted by Crippen LogP contribution is -2.30. The minimum Gasteiger partial charge on any atom is -0.494 e. The second-order valence-electron chi connectivity index (χ2n) is 7.05. The molecule has 1 heterocycles. The van der Waals surface area contributed by atoms with E-state index in [1.807, 2.05) is 0 Å². The van der Waals surface area contributed by atoms with Gasteiger partial charge in [0.15, 0.2) is 6.61 Å². The molecule has 8 nitrogen and oxygen atoms in total. The molecule has 0 fully saturated rings. The van der Waals surface area contributed by atoms with Gasteiger partial charge in [-0.1, -0.05) is 30.6 Å². The lowest BCUT2D eigenvalue weighted by atomic mass is 10.1. The molecule has 32 heavy (non-hydrogen) atoms. The quantitative estimate of drug-likeness (QED) is 0.377. The number of aromatic nitrogens is 2. The van der Waals surface area contributed by atoms with Gasteiger partial charge in [-0.3, -0.25) is 9.59 Å². The lowest BCUT2D eigenvalue weighted by molar-refractivity contribution is -0.144. The van der Waals surface area contributed by atoms with Crippen LogP contribution in [0, 0.1) is 12.7 Å². The lowest BCUT2D eigenvalue weighted by Gasteiger charge is -2.07. The van der Waals surface area contributed by atoms with Crippen molar-refractivity contribution in [1.29, 1.82) is 0 Å². The predicted molar refractivity (Wildman–Crippen MR) is 113 cm³/mol. The van der Waals surface area contributed by atoms with Crippen LogP contribution in [0.25, 0.3) is 11.4 Å². The van der Waals surface area contributed by atoms with Crippen molar-refractivity contribution in [2.24, 2.45) is 0 Å². The first-order valence-electron chi connectivity index (χ1n) is 10.2. The Kier molecular flexibility index (Phi) is 7.91. The highest BCUT2D eigenvalue weighted by molar-refractivity contribution is 5.96. The summed E-state index contributed by atoms with van der Waals surface area (Å²) in [5.41, 5.74) is 1.35. The number of aryl methyl sites for hydroxylation is 1. The molecule has 168 valence electrons. The van der Waals surface area contributed by atoms with Gasteiger partial charge in [-0.2, -0.15) is 4.98 Å². The van der Waals surface area contributed by atoms with E-state index in [4.69, 9.17) is 14.0 Å². The number of nitrogens with zero attached hydrogens (tertiary/aromatic N) is 2. The summed E-state index contributed by atoms with van der Waals surface area (Å²) in [4.78, 5) is 28.2. The maximum absolute atomic E-state index is 13.7. The molecule has 1 N–H and O–H groups in total. The second-order valence-corrected chi connectivity index (χ2v) is 7.05. The first-order chi connectivity index (χ1) is 15.5. The zero-order valence-corrected chi connectivity index (χ0v) is 17.9. The topological polar surface area (TPSA) is 104 Å². The third-order valence-electron chi connectivity index (χ3n) is 4.53. The summed E-state index contributed by atoms with van der Waals surface area (Å²) in [6.07, 6.45) is 2.00. The number of esters is 1. The Hall–Kier alpha value is -3.75. The summed E-state index contributed by atoms with van der Waals surface area (Å²) in [6, 6.07) is 11.2. The first-order valence-corrected chi connectivity index (χ1v) is 10.2. The molecule has 0 saturated heterocycles. The van der Waals surface area contributed by atoms with Crippen molar-refractivity contribution >= 4 is 11.9 Å². The zero-order valence-electron chi connectivity index (χ0n) is 17.9. The fourth-order valence-electron chi connectivity index (χ4n) is 2.65. The van der Waals surface area contributed by atoms with Gasteiger partial charge in [0.25, 0.3) is 11.8 Å². The Morgan fingerprint density at radius 2 is 1.94 bits per heavy atom. The average Bonchev–Trinajstić information content (AvgIpc) is 3.27. The van der Waals surface area contributed by atoms with Gasteiger partial charge in [-0.05, 0) is 49.2 Å². The molecule has 0 aliphatic carbocycles. The van der Waals surface area contributed by atoms with Crippen molar-refractivity contribution < 1.29 is 28.0 Å².